The lowest BCUT2D eigenvalue weighted by atomic mass is 10.1. The second-order valence-corrected chi connectivity index (χ2v) is 6.61. The van der Waals surface area contributed by atoms with Crippen molar-refractivity contribution >= 4 is 11.8 Å². The smallest absolute Gasteiger partial charge is 0.225 e. The highest BCUT2D eigenvalue weighted by Crippen LogP contribution is 2.20. The molecule has 1 aliphatic heterocycles. The number of carbonyl (C=O) groups is 2. The summed E-state index contributed by atoms with van der Waals surface area (Å²) in [5.74, 6) is 0.444. The van der Waals surface area contributed by atoms with E-state index in [9.17, 15) is 9.59 Å². The van der Waals surface area contributed by atoms with Crippen molar-refractivity contribution in [3.63, 3.8) is 0 Å². The Bertz CT molecular complexity index is 744. The number of carbonyl (C=O) groups excluding carboxylic acids is 2. The molecule has 2 amide bonds. The number of ether oxygens (including phenoxy) is 1. The lowest BCUT2D eigenvalue weighted by Gasteiger charge is -2.17. The summed E-state index contributed by atoms with van der Waals surface area (Å²) in [6.07, 6.45) is 0.275. The van der Waals surface area contributed by atoms with Gasteiger partial charge in [-0.1, -0.05) is 48.0 Å². The molecule has 0 spiro atoms. The van der Waals surface area contributed by atoms with Crippen LogP contribution in [0, 0.1) is 12.8 Å². The third-order valence-electron chi connectivity index (χ3n) is 4.49. The van der Waals surface area contributed by atoms with Crippen molar-refractivity contribution < 1.29 is 14.3 Å². The highest BCUT2D eigenvalue weighted by molar-refractivity contribution is 5.89. The Kier molecular flexibility index (Phi) is 5.89. The molecule has 2 aromatic rings. The van der Waals surface area contributed by atoms with E-state index in [2.05, 4.69) is 5.32 Å². The molecule has 5 nitrogen and oxygen atoms in total. The first kappa shape index (κ1) is 18.0. The molecule has 1 saturated heterocycles. The fourth-order valence-corrected chi connectivity index (χ4v) is 3.02. The van der Waals surface area contributed by atoms with Crippen LogP contribution in [0.2, 0.25) is 0 Å². The number of likely N-dealkylation sites (tertiary alicyclic amines) is 1. The van der Waals surface area contributed by atoms with Crippen LogP contribution in [0.25, 0.3) is 0 Å². The van der Waals surface area contributed by atoms with E-state index in [0.29, 0.717) is 26.2 Å². The van der Waals surface area contributed by atoms with Crippen LogP contribution in [0.15, 0.2) is 54.6 Å². The molecule has 136 valence electrons. The van der Waals surface area contributed by atoms with E-state index in [1.165, 1.54) is 5.56 Å². The zero-order valence-corrected chi connectivity index (χ0v) is 15.0. The average Bonchev–Trinajstić information content (AvgIpc) is 3.02. The van der Waals surface area contributed by atoms with Crippen LogP contribution < -0.4 is 10.1 Å². The molecule has 5 heteroatoms. The molecule has 2 aromatic carbocycles. The van der Waals surface area contributed by atoms with Gasteiger partial charge in [0.1, 0.15) is 12.4 Å². The number of nitrogens with zero attached hydrogens (tertiary/aromatic N) is 1. The first-order valence-corrected chi connectivity index (χ1v) is 8.90. The van der Waals surface area contributed by atoms with Gasteiger partial charge < -0.3 is 15.0 Å². The van der Waals surface area contributed by atoms with Gasteiger partial charge in [0.05, 0.1) is 12.5 Å². The van der Waals surface area contributed by atoms with Gasteiger partial charge in [-0.05, 0) is 24.6 Å². The van der Waals surface area contributed by atoms with Gasteiger partial charge in [0.25, 0.3) is 0 Å². The standard InChI is InChI=1S/C21H24N2O3/c1-16-7-9-17(10-8-16)14-23-15-18(13-20(23)24)21(25)22-11-12-26-19-5-3-2-4-6-19/h2-10,18H,11-15H2,1H3,(H,22,25). The number of aryl methyl sites for hydroxylation is 1. The van der Waals surface area contributed by atoms with Crippen molar-refractivity contribution in [1.82, 2.24) is 10.2 Å². The van der Waals surface area contributed by atoms with Gasteiger partial charge in [0, 0.05) is 19.5 Å². The Morgan fingerprint density at radius 2 is 1.88 bits per heavy atom. The van der Waals surface area contributed by atoms with Gasteiger partial charge in [0.15, 0.2) is 0 Å². The lowest BCUT2D eigenvalue weighted by molar-refractivity contribution is -0.129. The molecule has 26 heavy (non-hydrogen) atoms. The Morgan fingerprint density at radius 3 is 2.62 bits per heavy atom. The zero-order valence-electron chi connectivity index (χ0n) is 15.0. The molecule has 3 rings (SSSR count). The molecular formula is C21H24N2O3. The Hall–Kier alpha value is -2.82. The third-order valence-corrected chi connectivity index (χ3v) is 4.49. The second-order valence-electron chi connectivity index (χ2n) is 6.61. The van der Waals surface area contributed by atoms with Crippen molar-refractivity contribution in [2.45, 2.75) is 19.9 Å². The topological polar surface area (TPSA) is 58.6 Å². The lowest BCUT2D eigenvalue weighted by Crippen LogP contribution is -2.35. The number of hydrogen-bond donors (Lipinski definition) is 1. The average molecular weight is 352 g/mol. The van der Waals surface area contributed by atoms with E-state index in [4.69, 9.17) is 4.74 Å². The van der Waals surface area contributed by atoms with Crippen LogP contribution in [0.1, 0.15) is 17.5 Å². The molecule has 0 radical (unpaired) electrons. The predicted octanol–water partition coefficient (Wildman–Crippen LogP) is 2.54. The minimum absolute atomic E-state index is 0.0336. The van der Waals surface area contributed by atoms with Gasteiger partial charge in [-0.2, -0.15) is 0 Å². The Labute approximate surface area is 154 Å². The summed E-state index contributed by atoms with van der Waals surface area (Å²) < 4.78 is 5.56. The summed E-state index contributed by atoms with van der Waals surface area (Å²) in [6.45, 7) is 3.89. The van der Waals surface area contributed by atoms with Crippen molar-refractivity contribution in [3.8, 4) is 5.75 Å². The number of para-hydroxylation sites is 1. The zero-order chi connectivity index (χ0) is 18.4. The van der Waals surface area contributed by atoms with Crippen molar-refractivity contribution in [2.24, 2.45) is 5.92 Å². The highest BCUT2D eigenvalue weighted by atomic mass is 16.5. The molecule has 0 saturated carbocycles. The summed E-state index contributed by atoms with van der Waals surface area (Å²) in [5, 5.41) is 2.86. The van der Waals surface area contributed by atoms with Gasteiger partial charge >= 0.3 is 0 Å². The van der Waals surface area contributed by atoms with E-state index in [0.717, 1.165) is 11.3 Å². The SMILES string of the molecule is Cc1ccc(CN2CC(C(=O)NCCOc3ccccc3)CC2=O)cc1. The van der Waals surface area contributed by atoms with Crippen molar-refractivity contribution in [2.75, 3.05) is 19.7 Å². The van der Waals surface area contributed by atoms with Gasteiger partial charge in [-0.25, -0.2) is 0 Å². The molecule has 1 atom stereocenters. The molecule has 0 bridgehead atoms. The Morgan fingerprint density at radius 1 is 1.15 bits per heavy atom. The Balaban J connectivity index is 1.42. The molecule has 1 fully saturated rings. The molecular weight excluding hydrogens is 328 g/mol. The molecule has 1 heterocycles. The fraction of sp³-hybridized carbons (Fsp3) is 0.333. The predicted molar refractivity (Wildman–Crippen MR) is 99.6 cm³/mol. The van der Waals surface area contributed by atoms with E-state index in [1.807, 2.05) is 61.5 Å². The summed E-state index contributed by atoms with van der Waals surface area (Å²) in [4.78, 5) is 26.3. The fourth-order valence-electron chi connectivity index (χ4n) is 3.02. The first-order chi connectivity index (χ1) is 12.6. The molecule has 0 aliphatic carbocycles. The summed E-state index contributed by atoms with van der Waals surface area (Å²) >= 11 is 0. The first-order valence-electron chi connectivity index (χ1n) is 8.90. The summed E-state index contributed by atoms with van der Waals surface area (Å²) in [6, 6.07) is 17.6. The van der Waals surface area contributed by atoms with E-state index >= 15 is 0 Å². The number of rotatable bonds is 7. The largest absolute Gasteiger partial charge is 0.492 e. The van der Waals surface area contributed by atoms with Crippen LogP contribution in [0.5, 0.6) is 5.75 Å². The van der Waals surface area contributed by atoms with E-state index < -0.39 is 0 Å². The monoisotopic (exact) mass is 352 g/mol. The summed E-state index contributed by atoms with van der Waals surface area (Å²) in [5.41, 5.74) is 2.28. The quantitative estimate of drug-likeness (QED) is 0.779. The van der Waals surface area contributed by atoms with Gasteiger partial charge in [-0.3, -0.25) is 9.59 Å². The van der Waals surface area contributed by atoms with E-state index in [-0.39, 0.29) is 24.2 Å². The molecule has 1 N–H and O–H groups in total. The highest BCUT2D eigenvalue weighted by Gasteiger charge is 2.33. The second kappa shape index (κ2) is 8.52. The van der Waals surface area contributed by atoms with Crippen LogP contribution in [0.3, 0.4) is 0 Å². The van der Waals surface area contributed by atoms with Crippen LogP contribution in [0.4, 0.5) is 0 Å². The number of hydrogen-bond acceptors (Lipinski definition) is 3. The minimum atomic E-state index is -0.287. The molecule has 0 aromatic heterocycles. The summed E-state index contributed by atoms with van der Waals surface area (Å²) in [7, 11) is 0. The normalized spacial score (nSPS) is 16.6. The van der Waals surface area contributed by atoms with Crippen molar-refractivity contribution in [3.05, 3.63) is 65.7 Å². The number of benzene rings is 2. The third kappa shape index (κ3) is 4.85. The maximum absolute atomic E-state index is 12.3. The maximum Gasteiger partial charge on any atom is 0.225 e. The van der Waals surface area contributed by atoms with Crippen LogP contribution >= 0.6 is 0 Å². The maximum atomic E-state index is 12.3. The number of nitrogens with one attached hydrogen (secondary N) is 1. The van der Waals surface area contributed by atoms with Gasteiger partial charge in [0.2, 0.25) is 11.8 Å². The van der Waals surface area contributed by atoms with Crippen LogP contribution in [-0.4, -0.2) is 36.4 Å². The minimum Gasteiger partial charge on any atom is -0.492 e. The van der Waals surface area contributed by atoms with E-state index in [1.54, 1.807) is 4.90 Å². The van der Waals surface area contributed by atoms with Crippen molar-refractivity contribution in [1.29, 1.82) is 0 Å². The number of amides is 2. The van der Waals surface area contributed by atoms with Gasteiger partial charge in [-0.15, -0.1) is 0 Å². The molecule has 1 unspecified atom stereocenters. The van der Waals surface area contributed by atoms with Crippen LogP contribution in [-0.2, 0) is 16.1 Å². The molecule has 1 aliphatic rings.